The maximum Gasteiger partial charge on any atom is 0.329 e. The van der Waals surface area contributed by atoms with E-state index in [1.807, 2.05) is 159 Å². The molecule has 0 unspecified atom stereocenters. The van der Waals surface area contributed by atoms with E-state index in [0.717, 1.165) is 40.8 Å². The highest BCUT2D eigenvalue weighted by Crippen LogP contribution is 2.31. The molecule has 8 amide bonds. The van der Waals surface area contributed by atoms with Crippen molar-refractivity contribution in [1.82, 2.24) is 39.2 Å². The molecule has 4 aliphatic heterocycles. The van der Waals surface area contributed by atoms with E-state index in [0.29, 0.717) is 74.9 Å². The van der Waals surface area contributed by atoms with E-state index >= 15 is 0 Å². The summed E-state index contributed by atoms with van der Waals surface area (Å²) < 4.78 is 59.1. The zero-order valence-corrected chi connectivity index (χ0v) is 92.5. The topological polar surface area (TPSA) is 398 Å². The minimum Gasteiger partial charge on any atom is -0.451 e. The highest BCUT2D eigenvalue weighted by Gasteiger charge is 2.48. The van der Waals surface area contributed by atoms with Crippen molar-refractivity contribution in [2.75, 3.05) is 119 Å². The first-order valence-corrected chi connectivity index (χ1v) is 52.3. The van der Waals surface area contributed by atoms with Crippen LogP contribution in [0.25, 0.3) is 0 Å². The number of likely N-dealkylation sites (N-methyl/N-ethyl adjacent to an activating group) is 8. The Kier molecular flexibility index (Phi) is 48.3. The molecule has 4 fully saturated rings. The number of rotatable bonds is 26. The van der Waals surface area contributed by atoms with Gasteiger partial charge in [-0.3, -0.25) is 38.4 Å². The van der Waals surface area contributed by atoms with Crippen LogP contribution in [0, 0.1) is 47.3 Å². The minimum absolute atomic E-state index is 0.0814. The van der Waals surface area contributed by atoms with E-state index in [4.69, 9.17) is 47.4 Å². The van der Waals surface area contributed by atoms with Crippen LogP contribution in [0.2, 0.25) is 0 Å². The molecular formula is C112H166N10O26. The van der Waals surface area contributed by atoms with Crippen LogP contribution in [0.5, 0.6) is 0 Å². The molecule has 4 saturated heterocycles. The number of carbonyl (C=O) groups excluding carboxylic acids is 16. The molecule has 0 aromatic heterocycles. The first-order valence-electron chi connectivity index (χ1n) is 52.3. The molecule has 4 aromatic rings. The van der Waals surface area contributed by atoms with Gasteiger partial charge in [-0.15, -0.1) is 0 Å². The molecule has 4 heterocycles. The Labute approximate surface area is 875 Å². The largest absolute Gasteiger partial charge is 0.451 e. The number of ether oxygens (including phenoxy) is 10. The van der Waals surface area contributed by atoms with Crippen molar-refractivity contribution in [3.63, 3.8) is 0 Å². The van der Waals surface area contributed by atoms with Gasteiger partial charge in [0.1, 0.15) is 48.3 Å². The maximum absolute atomic E-state index is 15.0. The lowest BCUT2D eigenvalue weighted by Crippen LogP contribution is -2.55. The van der Waals surface area contributed by atoms with Gasteiger partial charge in [-0.25, -0.2) is 38.4 Å². The van der Waals surface area contributed by atoms with Crippen molar-refractivity contribution < 1.29 is 124 Å². The first-order chi connectivity index (χ1) is 69.6. The molecule has 4 aromatic carbocycles. The molecule has 0 saturated carbocycles. The van der Waals surface area contributed by atoms with Gasteiger partial charge in [0.2, 0.25) is 0 Å². The third-order valence-corrected chi connectivity index (χ3v) is 26.9. The third kappa shape index (κ3) is 36.1. The van der Waals surface area contributed by atoms with Gasteiger partial charge in [0.15, 0.2) is 48.8 Å². The van der Waals surface area contributed by atoms with E-state index < -0.39 is 192 Å². The molecule has 0 bridgehead atoms. The van der Waals surface area contributed by atoms with Gasteiger partial charge in [0.05, 0.1) is 26.4 Å². The van der Waals surface area contributed by atoms with Crippen molar-refractivity contribution in [1.29, 1.82) is 0 Å². The highest BCUT2D eigenvalue weighted by atomic mass is 16.6. The van der Waals surface area contributed by atoms with E-state index in [-0.39, 0.29) is 124 Å². The molecule has 36 heteroatoms. The number of amides is 8. The van der Waals surface area contributed by atoms with Crippen molar-refractivity contribution >= 4 is 106 Å². The molecular weight excluding hydrogens is 1900 g/mol. The lowest BCUT2D eigenvalue weighted by molar-refractivity contribution is -0.176. The monoisotopic (exact) mass is 2070 g/mol. The predicted molar refractivity (Wildman–Crippen MR) is 556 cm³/mol. The van der Waals surface area contributed by atoms with Gasteiger partial charge in [0.25, 0.3) is 47.3 Å². The second-order valence-corrected chi connectivity index (χ2v) is 43.1. The van der Waals surface area contributed by atoms with Crippen molar-refractivity contribution in [3.8, 4) is 0 Å². The fraction of sp³-hybridized carbons (Fsp3) is 0.643. The van der Waals surface area contributed by atoms with E-state index in [1.54, 1.807) is 60.7 Å². The summed E-state index contributed by atoms with van der Waals surface area (Å²) in [5.41, 5.74) is 4.47. The van der Waals surface area contributed by atoms with E-state index in [1.165, 1.54) is 93.9 Å². The van der Waals surface area contributed by atoms with Crippen LogP contribution in [0.3, 0.4) is 0 Å². The zero-order chi connectivity index (χ0) is 110. The molecule has 8 rings (SSSR count). The van der Waals surface area contributed by atoms with Crippen molar-refractivity contribution in [2.45, 2.75) is 313 Å². The molecule has 0 N–H and O–H groups in total. The number of benzene rings is 4. The number of hydrogen-bond acceptors (Lipinski definition) is 28. The maximum atomic E-state index is 15.0. The lowest BCUT2D eigenvalue weighted by atomic mass is 10.00. The Bertz CT molecular complexity index is 4700. The average molecular weight is 2070 g/mol. The van der Waals surface area contributed by atoms with Gasteiger partial charge in [-0.2, -0.15) is 0 Å². The van der Waals surface area contributed by atoms with Gasteiger partial charge in [0, 0.05) is 120 Å². The Morgan fingerprint density at radius 1 is 0.216 bits per heavy atom. The number of carbonyl (C=O) groups is 16. The second-order valence-electron chi connectivity index (χ2n) is 43.1. The quantitative estimate of drug-likeness (QED) is 0.0416. The average Bonchev–Trinajstić information content (AvgIpc) is 0.814. The Morgan fingerprint density at radius 3 is 0.541 bits per heavy atom. The number of morpholine rings is 2. The lowest BCUT2D eigenvalue weighted by Gasteiger charge is -2.35. The smallest absolute Gasteiger partial charge is 0.329 e. The zero-order valence-electron chi connectivity index (χ0n) is 92.5. The number of hydrogen-bond donors (Lipinski definition) is 0. The molecule has 0 radical (unpaired) electrons. The molecule has 36 nitrogen and oxygen atoms in total. The van der Waals surface area contributed by atoms with Crippen molar-refractivity contribution in [3.05, 3.63) is 131 Å². The van der Waals surface area contributed by atoms with E-state index in [2.05, 4.69) is 9.80 Å². The van der Waals surface area contributed by atoms with Crippen LogP contribution in [0.1, 0.15) is 212 Å². The van der Waals surface area contributed by atoms with Crippen LogP contribution in [-0.4, -0.2) is 340 Å². The number of cyclic esters (lactones) is 8. The highest BCUT2D eigenvalue weighted by molar-refractivity contribution is 5.97. The number of esters is 8. The fourth-order valence-electron chi connectivity index (χ4n) is 18.4. The molecule has 148 heavy (non-hydrogen) atoms. The number of nitrogens with zero attached hydrogens (tertiary/aromatic N) is 10. The van der Waals surface area contributed by atoms with Gasteiger partial charge >= 0.3 is 47.8 Å². The SMILES string of the molecule is CC(C)C[C@@H]1C(=O)O[C@H](C)C(=O)N(C)[C@@H](CC(C)C)C(=O)O[C@H](Cc2ccc(N3CCOCC3)cc2)C(=O)N(C)[C@@H](CC(C)C)C(=O)O[C@H](C)C(=O)N(C)[C@@H](CC(C)C)C(=O)O[C@H](Cc2ccc(N3CCOCC3)cc2)C(=O)N1C.CC(C)C[C@H]1C(=O)O[C@H](Cc2ccccc2)C(=O)N(C)[C@@H](CC(C)C)C(=O)O[C@H](C)C(=O)N(C)[C@@H](CC(C)C)C(=O)O[C@H](Cc2ccccc2)C(=O)N(C)[C@@H](CC(C)C)C(=O)O[C@H](C)C(=O)N1C. The Balaban J connectivity index is 0.000000406. The van der Waals surface area contributed by atoms with Crippen LogP contribution >= 0.6 is 0 Å². The summed E-state index contributed by atoms with van der Waals surface area (Å²) in [6, 6.07) is 22.7. The summed E-state index contributed by atoms with van der Waals surface area (Å²) >= 11 is 0. The van der Waals surface area contributed by atoms with Gasteiger partial charge < -0.3 is 96.4 Å². The number of anilines is 2. The van der Waals surface area contributed by atoms with Crippen molar-refractivity contribution in [2.24, 2.45) is 47.3 Å². The summed E-state index contributed by atoms with van der Waals surface area (Å²) in [7, 11) is 11.2. The molecule has 820 valence electrons. The second kappa shape index (κ2) is 58.2. The molecule has 0 spiro atoms. The minimum atomic E-state index is -1.51. The Hall–Kier alpha value is -12.1. The molecule has 0 aliphatic carbocycles. The standard InChI is InChI=1S/C60H90N6O14.C52H76N4O12/c1-37(2)31-47-57(71)77-41(9)53(67)61(11)50(34-40(7)8)60(74)80-52(36-44-17-21-46(22-18-44)66-25-29-76-30-26-66)56(70)64(14)48(32-38(3)4)58(72)78-42(10)54(68)62(12)49(33-39(5)6)59(73)79-51(55(69)63(47)13)35-43-15-19-45(20-16-43)65-23-27-75-28-24-65;1-31(2)25-39-49(61)65-35(9)45(57)53(11)42(28-34(7)8)52(64)68-44(30-38-23-19-16-20-24-38)48(60)56(14)40(26-32(3)4)50(62)66-36(10)46(58)54(12)41(27-33(5)6)51(63)67-43(47(59)55(39)13)29-37-21-17-15-18-22-37/h15-22,37-42,47-52H,23-36H2,1-14H3;15-24,31-36,39-44H,25-30H2,1-14H3/t41-,42-,47-,48+,49+,50+,51-,52-;35-,36-,39+,40+,41+,42+,43-,44-/m11/s1. The van der Waals surface area contributed by atoms with Gasteiger partial charge in [-0.05, 0) is 173 Å². The van der Waals surface area contributed by atoms with Crippen LogP contribution in [0.15, 0.2) is 109 Å². The third-order valence-electron chi connectivity index (χ3n) is 26.9. The summed E-state index contributed by atoms with van der Waals surface area (Å²) in [5, 5.41) is 0. The normalized spacial score (nSPS) is 25.4. The summed E-state index contributed by atoms with van der Waals surface area (Å²) in [6.07, 6.45) is -11.4. The van der Waals surface area contributed by atoms with E-state index in [9.17, 15) is 76.7 Å². The Morgan fingerprint density at radius 2 is 0.372 bits per heavy atom. The van der Waals surface area contributed by atoms with Gasteiger partial charge in [-0.1, -0.05) is 196 Å². The summed E-state index contributed by atoms with van der Waals surface area (Å²) in [5.74, 6) is -14.4. The fourth-order valence-corrected chi connectivity index (χ4v) is 18.4. The predicted octanol–water partition coefficient (Wildman–Crippen LogP) is 11.0. The summed E-state index contributed by atoms with van der Waals surface area (Å²) in [6.45, 7) is 40.3. The van der Waals surface area contributed by atoms with Crippen LogP contribution < -0.4 is 9.80 Å². The van der Waals surface area contributed by atoms with Crippen LogP contribution in [0.4, 0.5) is 11.4 Å². The summed E-state index contributed by atoms with van der Waals surface area (Å²) in [4.78, 5) is 246. The van der Waals surface area contributed by atoms with Crippen LogP contribution in [-0.2, 0) is 150 Å². The molecule has 16 atom stereocenters. The first kappa shape index (κ1) is 123. The molecule has 4 aliphatic rings.